The second-order valence-electron chi connectivity index (χ2n) is 3.41. The minimum atomic E-state index is 0.329. The van der Waals surface area contributed by atoms with E-state index >= 15 is 0 Å². The molecule has 0 amide bonds. The molecular formula is C10H16N6. The highest BCUT2D eigenvalue weighted by Crippen LogP contribution is 2.09. The quantitative estimate of drug-likeness (QED) is 0.286. The van der Waals surface area contributed by atoms with Crippen LogP contribution in [0.5, 0.6) is 0 Å². The van der Waals surface area contributed by atoms with E-state index in [0.29, 0.717) is 18.9 Å². The third kappa shape index (κ3) is 3.20. The summed E-state index contributed by atoms with van der Waals surface area (Å²) in [5.74, 6) is 0.329. The van der Waals surface area contributed by atoms with Gasteiger partial charge in [0.1, 0.15) is 5.82 Å². The van der Waals surface area contributed by atoms with Gasteiger partial charge >= 0.3 is 0 Å². The van der Waals surface area contributed by atoms with E-state index in [-0.39, 0.29) is 0 Å². The highest BCUT2D eigenvalue weighted by molar-refractivity contribution is 5.53. The topological polar surface area (TPSA) is 94.7 Å². The molecule has 4 N–H and O–H groups in total. The monoisotopic (exact) mass is 220 g/mol. The first-order chi connectivity index (χ1) is 7.67. The van der Waals surface area contributed by atoms with Gasteiger partial charge in [-0.15, -0.1) is 0 Å². The van der Waals surface area contributed by atoms with E-state index in [9.17, 15) is 0 Å². The maximum Gasteiger partial charge on any atom is 0.179 e. The first kappa shape index (κ1) is 11.9. The lowest BCUT2D eigenvalue weighted by molar-refractivity contribution is 0.216. The molecule has 0 spiro atoms. The Morgan fingerprint density at radius 2 is 2.00 bits per heavy atom. The maximum atomic E-state index is 8.70. The van der Waals surface area contributed by atoms with Crippen molar-refractivity contribution < 1.29 is 0 Å². The first-order valence-corrected chi connectivity index (χ1v) is 4.97. The van der Waals surface area contributed by atoms with Gasteiger partial charge in [0.05, 0.1) is 6.34 Å². The summed E-state index contributed by atoms with van der Waals surface area (Å²) in [6.07, 6.45) is 4.94. The van der Waals surface area contributed by atoms with E-state index in [1.807, 2.05) is 0 Å². The number of piperazine rings is 1. The molecule has 0 radical (unpaired) electrons. The zero-order valence-corrected chi connectivity index (χ0v) is 9.13. The van der Waals surface area contributed by atoms with Gasteiger partial charge < -0.3 is 21.3 Å². The highest BCUT2D eigenvalue weighted by Gasteiger charge is 2.15. The van der Waals surface area contributed by atoms with Crippen molar-refractivity contribution in [3.63, 3.8) is 0 Å². The lowest BCUT2D eigenvalue weighted by Gasteiger charge is -2.33. The number of hydrogen-bond acceptors (Lipinski definition) is 5. The van der Waals surface area contributed by atoms with E-state index in [4.69, 9.17) is 16.7 Å². The zero-order valence-electron chi connectivity index (χ0n) is 9.13. The molecule has 1 heterocycles. The summed E-state index contributed by atoms with van der Waals surface area (Å²) in [4.78, 5) is 7.51. The van der Waals surface area contributed by atoms with Crippen LogP contribution >= 0.6 is 0 Å². The van der Waals surface area contributed by atoms with Gasteiger partial charge in [-0.25, -0.2) is 4.99 Å². The first-order valence-electron chi connectivity index (χ1n) is 4.97. The average Bonchev–Trinajstić information content (AvgIpc) is 2.29. The summed E-state index contributed by atoms with van der Waals surface area (Å²) in [6, 6.07) is 0. The molecule has 0 aliphatic carbocycles. The van der Waals surface area contributed by atoms with E-state index < -0.39 is 0 Å². The SMILES string of the molecule is C=C(/C=C(/N)N=CN)N1CCN(C#N)CC1. The van der Waals surface area contributed by atoms with Gasteiger partial charge in [0.25, 0.3) is 0 Å². The summed E-state index contributed by atoms with van der Waals surface area (Å²) < 4.78 is 0. The van der Waals surface area contributed by atoms with Crippen molar-refractivity contribution in [3.8, 4) is 6.19 Å². The Morgan fingerprint density at radius 1 is 1.38 bits per heavy atom. The fourth-order valence-electron chi connectivity index (χ4n) is 1.48. The van der Waals surface area contributed by atoms with Crippen molar-refractivity contribution in [2.75, 3.05) is 26.2 Å². The molecule has 16 heavy (non-hydrogen) atoms. The van der Waals surface area contributed by atoms with Crippen molar-refractivity contribution in [3.05, 3.63) is 24.2 Å². The Balaban J connectivity index is 2.51. The van der Waals surface area contributed by atoms with Crippen molar-refractivity contribution in [1.29, 1.82) is 5.26 Å². The molecular weight excluding hydrogens is 204 g/mol. The Labute approximate surface area is 95.1 Å². The summed E-state index contributed by atoms with van der Waals surface area (Å²) in [7, 11) is 0. The minimum absolute atomic E-state index is 0.329. The lowest BCUT2D eigenvalue weighted by atomic mass is 10.3. The van der Waals surface area contributed by atoms with E-state index in [0.717, 1.165) is 25.1 Å². The highest BCUT2D eigenvalue weighted by atomic mass is 15.3. The second-order valence-corrected chi connectivity index (χ2v) is 3.41. The molecule has 1 fully saturated rings. The van der Waals surface area contributed by atoms with Crippen LogP contribution in [0.2, 0.25) is 0 Å². The van der Waals surface area contributed by atoms with E-state index in [1.165, 1.54) is 0 Å². The predicted molar refractivity (Wildman–Crippen MR) is 62.8 cm³/mol. The molecule has 6 nitrogen and oxygen atoms in total. The molecule has 1 rings (SSSR count). The Kier molecular flexibility index (Phi) is 4.21. The number of rotatable bonds is 3. The summed E-state index contributed by atoms with van der Waals surface area (Å²) in [5, 5.41) is 8.70. The molecule has 86 valence electrons. The number of hydrogen-bond donors (Lipinski definition) is 2. The van der Waals surface area contributed by atoms with Crippen molar-refractivity contribution in [1.82, 2.24) is 9.80 Å². The minimum Gasteiger partial charge on any atom is -0.390 e. The van der Waals surface area contributed by atoms with Gasteiger partial charge in [-0.1, -0.05) is 6.58 Å². The normalized spacial score (nSPS) is 17.6. The summed E-state index contributed by atoms with van der Waals surface area (Å²) >= 11 is 0. The van der Waals surface area contributed by atoms with Gasteiger partial charge in [0, 0.05) is 38.0 Å². The Morgan fingerprint density at radius 3 is 2.50 bits per heavy atom. The van der Waals surface area contributed by atoms with Gasteiger partial charge in [0.2, 0.25) is 0 Å². The number of nitrogens with two attached hydrogens (primary N) is 2. The second kappa shape index (κ2) is 5.66. The van der Waals surface area contributed by atoms with Crippen LogP contribution in [0.3, 0.4) is 0 Å². The molecule has 0 aromatic carbocycles. The molecule has 1 aliphatic rings. The van der Waals surface area contributed by atoms with Gasteiger partial charge in [-0.3, -0.25) is 0 Å². The lowest BCUT2D eigenvalue weighted by Crippen LogP contribution is -2.43. The fourth-order valence-corrected chi connectivity index (χ4v) is 1.48. The van der Waals surface area contributed by atoms with Crippen LogP contribution in [0.25, 0.3) is 0 Å². The van der Waals surface area contributed by atoms with Crippen LogP contribution in [-0.4, -0.2) is 42.3 Å². The van der Waals surface area contributed by atoms with Crippen molar-refractivity contribution in [2.45, 2.75) is 0 Å². The molecule has 0 aromatic rings. The van der Waals surface area contributed by atoms with Crippen LogP contribution in [0.1, 0.15) is 0 Å². The van der Waals surface area contributed by atoms with Crippen LogP contribution < -0.4 is 11.5 Å². The molecule has 1 saturated heterocycles. The zero-order chi connectivity index (χ0) is 12.0. The summed E-state index contributed by atoms with van der Waals surface area (Å²) in [6.45, 7) is 6.86. The number of aliphatic imine (C=N–C) groups is 1. The largest absolute Gasteiger partial charge is 0.390 e. The number of allylic oxidation sites excluding steroid dienone is 1. The molecule has 1 aliphatic heterocycles. The van der Waals surface area contributed by atoms with Crippen molar-refractivity contribution in [2.24, 2.45) is 16.5 Å². The molecule has 6 heteroatoms. The number of nitriles is 1. The maximum absolute atomic E-state index is 8.70. The fraction of sp³-hybridized carbons (Fsp3) is 0.400. The molecule has 0 saturated carbocycles. The Hall–Kier alpha value is -2.16. The van der Waals surface area contributed by atoms with E-state index in [2.05, 4.69) is 22.7 Å². The van der Waals surface area contributed by atoms with Crippen molar-refractivity contribution >= 4 is 6.34 Å². The standard InChI is InChI=1S/C10H16N6/c1-9(6-10(13)14-7-11)16-4-2-15(8-12)3-5-16/h6-7H,1-5,13H2,(H2,11,14)/b10-6-. The Bertz CT molecular complexity index is 343. The third-order valence-corrected chi connectivity index (χ3v) is 2.37. The van der Waals surface area contributed by atoms with Crippen LogP contribution in [-0.2, 0) is 0 Å². The summed E-state index contributed by atoms with van der Waals surface area (Å²) in [5.41, 5.74) is 11.5. The van der Waals surface area contributed by atoms with Crippen LogP contribution in [0.4, 0.5) is 0 Å². The predicted octanol–water partition coefficient (Wildman–Crippen LogP) is -0.614. The average molecular weight is 220 g/mol. The van der Waals surface area contributed by atoms with Gasteiger partial charge in [-0.05, 0) is 0 Å². The van der Waals surface area contributed by atoms with Crippen LogP contribution in [0.15, 0.2) is 29.2 Å². The smallest absolute Gasteiger partial charge is 0.179 e. The van der Waals surface area contributed by atoms with Crippen LogP contribution in [0, 0.1) is 11.5 Å². The van der Waals surface area contributed by atoms with Gasteiger partial charge in [-0.2, -0.15) is 5.26 Å². The molecule has 0 unspecified atom stereocenters. The molecule has 0 atom stereocenters. The number of nitrogens with zero attached hydrogens (tertiary/aromatic N) is 4. The molecule has 0 bridgehead atoms. The van der Waals surface area contributed by atoms with Gasteiger partial charge in [0.15, 0.2) is 6.19 Å². The van der Waals surface area contributed by atoms with E-state index in [1.54, 1.807) is 11.0 Å². The molecule has 0 aromatic heterocycles. The third-order valence-electron chi connectivity index (χ3n) is 2.37.